The van der Waals surface area contributed by atoms with E-state index in [-0.39, 0.29) is 30.7 Å². The van der Waals surface area contributed by atoms with Gasteiger partial charge in [-0.25, -0.2) is 18.3 Å². The Morgan fingerprint density at radius 3 is 2.13 bits per heavy atom. The molecule has 0 bridgehead atoms. The van der Waals surface area contributed by atoms with Crippen LogP contribution in [0.1, 0.15) is 52.9 Å². The van der Waals surface area contributed by atoms with Crippen LogP contribution in [0.2, 0.25) is 0 Å². The fourth-order valence-corrected chi connectivity index (χ4v) is 5.39. The molecule has 0 saturated carbocycles. The maximum atomic E-state index is 13.3. The van der Waals surface area contributed by atoms with Crippen LogP contribution in [0.25, 0.3) is 0 Å². The molecule has 1 saturated heterocycles. The first-order chi connectivity index (χ1) is 18.2. The molecule has 11 heteroatoms. The van der Waals surface area contributed by atoms with Gasteiger partial charge >= 0.3 is 22.3 Å². The molecule has 2 amide bonds. The molecule has 10 nitrogen and oxygen atoms in total. The Morgan fingerprint density at radius 2 is 1.53 bits per heavy atom. The highest BCUT2D eigenvalue weighted by Crippen LogP contribution is 2.31. The molecule has 1 N–H and O–H groups in total. The smallest absolute Gasteiger partial charge is 0.422 e. The summed E-state index contributed by atoms with van der Waals surface area (Å²) in [5.41, 5.74) is 1.61. The molecule has 4 rings (SSSR count). The minimum Gasteiger partial charge on any atom is -0.456 e. The van der Waals surface area contributed by atoms with Crippen LogP contribution in [0, 0.1) is 0 Å². The minimum absolute atomic E-state index is 0.0683. The molecular weight excluding hydrogens is 510 g/mol. The monoisotopic (exact) mass is 539 g/mol. The largest absolute Gasteiger partial charge is 0.456 e. The lowest BCUT2D eigenvalue weighted by Gasteiger charge is -2.32. The quantitative estimate of drug-likeness (QED) is 0.434. The van der Waals surface area contributed by atoms with Gasteiger partial charge in [0, 0.05) is 32.1 Å². The number of rotatable bonds is 8. The topological polar surface area (TPSA) is 124 Å². The van der Waals surface area contributed by atoms with E-state index in [0.717, 1.165) is 5.56 Å². The Morgan fingerprint density at radius 1 is 0.921 bits per heavy atom. The van der Waals surface area contributed by atoms with Gasteiger partial charge in [0.25, 0.3) is 0 Å². The minimum atomic E-state index is -4.56. The number of esters is 1. The maximum absolute atomic E-state index is 13.3. The van der Waals surface area contributed by atoms with Crippen molar-refractivity contribution < 1.29 is 32.3 Å². The lowest BCUT2D eigenvalue weighted by Crippen LogP contribution is -2.39. The third kappa shape index (κ3) is 6.60. The van der Waals surface area contributed by atoms with Gasteiger partial charge in [0.1, 0.15) is 18.9 Å². The predicted molar refractivity (Wildman–Crippen MR) is 138 cm³/mol. The number of benzene rings is 2. The summed E-state index contributed by atoms with van der Waals surface area (Å²) in [5, 5.41) is 0. The number of likely N-dealkylation sites (tertiary alicyclic amines) is 1. The number of nitrogens with zero attached hydrogens (tertiary/aromatic N) is 2. The molecule has 2 aromatic carbocycles. The van der Waals surface area contributed by atoms with Gasteiger partial charge < -0.3 is 14.4 Å². The van der Waals surface area contributed by atoms with E-state index >= 15 is 0 Å². The Labute approximate surface area is 221 Å². The maximum Gasteiger partial charge on any atom is 0.422 e. The summed E-state index contributed by atoms with van der Waals surface area (Å²) >= 11 is 0. The van der Waals surface area contributed by atoms with Crippen molar-refractivity contribution in [2.24, 2.45) is 0 Å². The second-order valence-corrected chi connectivity index (χ2v) is 10.5. The summed E-state index contributed by atoms with van der Waals surface area (Å²) in [5.74, 6) is -1.25. The molecule has 1 aliphatic heterocycles. The zero-order valence-electron chi connectivity index (χ0n) is 20.9. The first kappa shape index (κ1) is 26.9. The number of piperidine rings is 1. The van der Waals surface area contributed by atoms with Crippen LogP contribution >= 0.6 is 0 Å². The van der Waals surface area contributed by atoms with Crippen LogP contribution in [0.15, 0.2) is 72.9 Å². The summed E-state index contributed by atoms with van der Waals surface area (Å²) < 4.78 is 39.5. The summed E-state index contributed by atoms with van der Waals surface area (Å²) in [6.07, 6.45) is 1.37. The van der Waals surface area contributed by atoms with Gasteiger partial charge in [-0.3, -0.25) is 4.79 Å². The third-order valence-corrected chi connectivity index (χ3v) is 7.53. The van der Waals surface area contributed by atoms with E-state index in [9.17, 15) is 22.8 Å². The number of aromatic nitrogens is 1. The van der Waals surface area contributed by atoms with E-state index < -0.39 is 22.3 Å². The molecule has 0 radical (unpaired) electrons. The zero-order chi connectivity index (χ0) is 27.1. The van der Waals surface area contributed by atoms with E-state index in [2.05, 4.69) is 0 Å². The molecule has 1 aliphatic rings. The number of carbonyl (C=O) groups is 3. The van der Waals surface area contributed by atoms with Crippen LogP contribution in [0.5, 0.6) is 0 Å². The second-order valence-electron chi connectivity index (χ2n) is 8.95. The fraction of sp³-hybridized carbons (Fsp3) is 0.296. The lowest BCUT2D eigenvalue weighted by atomic mass is 9.90. The predicted octanol–water partition coefficient (Wildman–Crippen LogP) is 3.59. The first-order valence-electron chi connectivity index (χ1n) is 12.2. The first-order valence-corrected chi connectivity index (χ1v) is 13.6. The van der Waals surface area contributed by atoms with Crippen LogP contribution in [0.4, 0.5) is 4.79 Å². The highest BCUT2D eigenvalue weighted by atomic mass is 32.2. The Kier molecular flexibility index (Phi) is 8.47. The molecule has 38 heavy (non-hydrogen) atoms. The Balaban J connectivity index is 1.58. The summed E-state index contributed by atoms with van der Waals surface area (Å²) in [6, 6.07) is 19.3. The van der Waals surface area contributed by atoms with Crippen molar-refractivity contribution in [2.45, 2.75) is 38.9 Å². The van der Waals surface area contributed by atoms with Crippen molar-refractivity contribution in [3.63, 3.8) is 0 Å². The molecule has 1 atom stereocenters. The van der Waals surface area contributed by atoms with Crippen LogP contribution < -0.4 is 4.72 Å². The van der Waals surface area contributed by atoms with Crippen molar-refractivity contribution in [2.75, 3.05) is 13.1 Å². The third-order valence-electron chi connectivity index (χ3n) is 6.28. The van der Waals surface area contributed by atoms with E-state index in [0.29, 0.717) is 41.0 Å². The van der Waals surface area contributed by atoms with E-state index in [1.807, 2.05) is 10.8 Å². The normalized spacial score (nSPS) is 15.5. The Hall–Kier alpha value is -4.12. The number of amides is 2. The van der Waals surface area contributed by atoms with Crippen molar-refractivity contribution in [3.05, 3.63) is 95.3 Å². The number of hydrogen-bond donors (Lipinski definition) is 1. The van der Waals surface area contributed by atoms with Gasteiger partial charge in [-0.05, 0) is 35.6 Å². The van der Waals surface area contributed by atoms with Crippen LogP contribution in [-0.4, -0.2) is 48.3 Å². The summed E-state index contributed by atoms with van der Waals surface area (Å²) in [6.45, 7) is 2.20. The zero-order valence-corrected chi connectivity index (χ0v) is 21.7. The molecule has 0 spiro atoms. The van der Waals surface area contributed by atoms with E-state index in [1.54, 1.807) is 59.5 Å². The lowest BCUT2D eigenvalue weighted by molar-refractivity contribution is -0.130. The number of ether oxygens (including phenoxy) is 2. The number of hydrogen-bond acceptors (Lipinski definition) is 7. The highest BCUT2D eigenvalue weighted by Gasteiger charge is 2.33. The number of nitrogens with one attached hydrogen (secondary N) is 1. The average molecular weight is 540 g/mol. The molecule has 1 unspecified atom stereocenters. The SMILES string of the molecule is CC(=O)N1CCCC(c2ccn(S(=O)(=O)NC(=O)OCc3ccccc3)c2C(=O)OCc2ccccc2)C1. The molecule has 200 valence electrons. The van der Waals surface area contributed by atoms with Gasteiger partial charge in [-0.1, -0.05) is 60.7 Å². The summed E-state index contributed by atoms with van der Waals surface area (Å²) in [7, 11) is -4.56. The second kappa shape index (κ2) is 12.0. The van der Waals surface area contributed by atoms with Crippen molar-refractivity contribution in [3.8, 4) is 0 Å². The standard InChI is InChI=1S/C27H29N3O7S/c1-20(31)29-15-8-13-23(17-29)24-14-16-30(25(24)26(32)36-18-21-9-4-2-5-10-21)38(34,35)28-27(33)37-19-22-11-6-3-7-12-22/h2-7,9-12,14,16,23H,8,13,15,17-19H2,1H3,(H,28,33). The average Bonchev–Trinajstić information content (AvgIpc) is 3.38. The van der Waals surface area contributed by atoms with Gasteiger partial charge in [-0.2, -0.15) is 8.42 Å². The fourth-order valence-electron chi connectivity index (χ4n) is 4.38. The highest BCUT2D eigenvalue weighted by molar-refractivity contribution is 7.88. The molecule has 3 aromatic rings. The van der Waals surface area contributed by atoms with Gasteiger partial charge in [0.2, 0.25) is 5.91 Å². The van der Waals surface area contributed by atoms with Gasteiger partial charge in [0.15, 0.2) is 0 Å². The molecule has 1 fully saturated rings. The van der Waals surface area contributed by atoms with Gasteiger partial charge in [0.05, 0.1) is 0 Å². The molecular formula is C27H29N3O7S. The summed E-state index contributed by atoms with van der Waals surface area (Å²) in [4.78, 5) is 39.3. The molecule has 0 aliphatic carbocycles. The van der Waals surface area contributed by atoms with E-state index in [4.69, 9.17) is 9.47 Å². The van der Waals surface area contributed by atoms with Gasteiger partial charge in [-0.15, -0.1) is 0 Å². The van der Waals surface area contributed by atoms with Crippen LogP contribution in [-0.2, 0) is 37.7 Å². The van der Waals surface area contributed by atoms with Crippen molar-refractivity contribution >= 4 is 28.2 Å². The molecule has 1 aromatic heterocycles. The van der Waals surface area contributed by atoms with E-state index in [1.165, 1.54) is 19.2 Å². The number of carbonyl (C=O) groups excluding carboxylic acids is 3. The molecule has 2 heterocycles. The van der Waals surface area contributed by atoms with Crippen molar-refractivity contribution in [1.82, 2.24) is 13.6 Å². The van der Waals surface area contributed by atoms with Crippen molar-refractivity contribution in [1.29, 1.82) is 0 Å². The Bertz CT molecular complexity index is 1390. The van der Waals surface area contributed by atoms with Crippen LogP contribution in [0.3, 0.4) is 0 Å².